The van der Waals surface area contributed by atoms with Crippen molar-refractivity contribution < 1.29 is 9.59 Å². The van der Waals surface area contributed by atoms with Gasteiger partial charge in [0.25, 0.3) is 0 Å². The van der Waals surface area contributed by atoms with Gasteiger partial charge in [0, 0.05) is 31.5 Å². The van der Waals surface area contributed by atoms with Crippen LogP contribution in [0.5, 0.6) is 0 Å². The van der Waals surface area contributed by atoms with Gasteiger partial charge in [0.15, 0.2) is 0 Å². The molecular weight excluding hydrogens is 364 g/mol. The van der Waals surface area contributed by atoms with Crippen molar-refractivity contribution in [1.29, 1.82) is 0 Å². The Morgan fingerprint density at radius 1 is 1.07 bits per heavy atom. The average molecular weight is 399 g/mol. The van der Waals surface area contributed by atoms with Crippen LogP contribution in [0.15, 0.2) is 24.3 Å². The molecule has 1 aliphatic heterocycles. The fourth-order valence-corrected chi connectivity index (χ4v) is 3.75. The Hall–Kier alpha value is -2.37. The number of carbonyl (C=O) groups is 2. The molecule has 0 unspecified atom stereocenters. The van der Waals surface area contributed by atoms with Crippen molar-refractivity contribution >= 4 is 22.8 Å². The van der Waals surface area contributed by atoms with E-state index in [2.05, 4.69) is 9.88 Å². The number of nitrogens with one attached hydrogen (secondary N) is 1. The van der Waals surface area contributed by atoms with Crippen LogP contribution in [0.25, 0.3) is 11.0 Å². The molecule has 1 aromatic carbocycles. The first-order valence-electron chi connectivity index (χ1n) is 10.9. The van der Waals surface area contributed by atoms with E-state index < -0.39 is 0 Å². The molecule has 2 aromatic rings. The SMILES string of the molecule is CC(C)(C)C(=O)NCCCCCc1nc2ccccc2n1CC(=O)N1CCCC1. The normalized spacial score (nSPS) is 14.5. The van der Waals surface area contributed by atoms with Gasteiger partial charge in [0.1, 0.15) is 12.4 Å². The van der Waals surface area contributed by atoms with E-state index in [4.69, 9.17) is 4.98 Å². The van der Waals surface area contributed by atoms with E-state index >= 15 is 0 Å². The Morgan fingerprint density at radius 3 is 2.52 bits per heavy atom. The van der Waals surface area contributed by atoms with Crippen LogP contribution < -0.4 is 5.32 Å². The monoisotopic (exact) mass is 398 g/mol. The van der Waals surface area contributed by atoms with E-state index in [0.717, 1.165) is 68.5 Å². The van der Waals surface area contributed by atoms with Crippen molar-refractivity contribution in [2.45, 2.75) is 65.8 Å². The van der Waals surface area contributed by atoms with Crippen LogP contribution in [0.2, 0.25) is 0 Å². The lowest BCUT2D eigenvalue weighted by molar-refractivity contribution is -0.130. The van der Waals surface area contributed by atoms with Gasteiger partial charge in [-0.1, -0.05) is 39.3 Å². The second-order valence-electron chi connectivity index (χ2n) is 9.01. The number of rotatable bonds is 8. The van der Waals surface area contributed by atoms with Crippen LogP contribution in [0, 0.1) is 5.41 Å². The summed E-state index contributed by atoms with van der Waals surface area (Å²) in [6.07, 6.45) is 6.02. The fourth-order valence-electron chi connectivity index (χ4n) is 3.75. The standard InChI is InChI=1S/C23H34N4O2/c1-23(2,3)22(29)24-14-8-4-5-13-20-25-18-11-6-7-12-19(18)27(20)17-21(28)26-15-9-10-16-26/h6-7,11-12H,4-5,8-10,13-17H2,1-3H3,(H,24,29). The third-order valence-electron chi connectivity index (χ3n) is 5.53. The number of nitrogens with zero attached hydrogens (tertiary/aromatic N) is 3. The highest BCUT2D eigenvalue weighted by atomic mass is 16.2. The first-order chi connectivity index (χ1) is 13.9. The lowest BCUT2D eigenvalue weighted by atomic mass is 9.96. The lowest BCUT2D eigenvalue weighted by Crippen LogP contribution is -2.35. The number of fused-ring (bicyclic) bond motifs is 1. The number of carbonyl (C=O) groups excluding carboxylic acids is 2. The van der Waals surface area contributed by atoms with Crippen molar-refractivity contribution in [2.75, 3.05) is 19.6 Å². The molecule has 0 saturated carbocycles. The van der Waals surface area contributed by atoms with Crippen molar-refractivity contribution in [2.24, 2.45) is 5.41 Å². The molecule has 0 aliphatic carbocycles. The number of aromatic nitrogens is 2. The minimum absolute atomic E-state index is 0.0970. The van der Waals surface area contributed by atoms with E-state index in [1.165, 1.54) is 0 Å². The molecule has 29 heavy (non-hydrogen) atoms. The number of para-hydroxylation sites is 2. The zero-order valence-electron chi connectivity index (χ0n) is 18.0. The molecule has 0 bridgehead atoms. The Balaban J connectivity index is 1.56. The first-order valence-corrected chi connectivity index (χ1v) is 10.9. The van der Waals surface area contributed by atoms with E-state index in [-0.39, 0.29) is 17.2 Å². The largest absolute Gasteiger partial charge is 0.356 e. The molecule has 2 amide bonds. The Labute approximate surface area is 173 Å². The Kier molecular flexibility index (Phi) is 6.93. The number of hydrogen-bond donors (Lipinski definition) is 1. The van der Waals surface area contributed by atoms with Crippen LogP contribution in [0.4, 0.5) is 0 Å². The maximum Gasteiger partial charge on any atom is 0.242 e. The Bertz CT molecular complexity index is 844. The zero-order valence-corrected chi connectivity index (χ0v) is 18.0. The molecule has 6 nitrogen and oxygen atoms in total. The van der Waals surface area contributed by atoms with E-state index in [1.807, 2.05) is 49.9 Å². The predicted molar refractivity (Wildman–Crippen MR) is 116 cm³/mol. The minimum Gasteiger partial charge on any atom is -0.356 e. The number of benzene rings is 1. The van der Waals surface area contributed by atoms with Gasteiger partial charge in [0.2, 0.25) is 11.8 Å². The van der Waals surface area contributed by atoms with Gasteiger partial charge in [-0.05, 0) is 37.8 Å². The zero-order chi connectivity index (χ0) is 20.9. The van der Waals surface area contributed by atoms with E-state index in [0.29, 0.717) is 13.1 Å². The molecule has 1 N–H and O–H groups in total. The molecule has 1 aliphatic rings. The summed E-state index contributed by atoms with van der Waals surface area (Å²) in [4.78, 5) is 31.4. The van der Waals surface area contributed by atoms with Crippen molar-refractivity contribution in [3.8, 4) is 0 Å². The first kappa shape index (κ1) is 21.3. The van der Waals surface area contributed by atoms with Crippen molar-refractivity contribution in [3.05, 3.63) is 30.1 Å². The van der Waals surface area contributed by atoms with Gasteiger partial charge < -0.3 is 14.8 Å². The molecule has 0 spiro atoms. The number of unbranched alkanes of at least 4 members (excludes halogenated alkanes) is 2. The summed E-state index contributed by atoms with van der Waals surface area (Å²) in [7, 11) is 0. The molecule has 3 rings (SSSR count). The van der Waals surface area contributed by atoms with E-state index in [1.54, 1.807) is 0 Å². The quantitative estimate of drug-likeness (QED) is 0.692. The third kappa shape index (κ3) is 5.58. The second kappa shape index (κ2) is 9.42. The number of amides is 2. The topological polar surface area (TPSA) is 67.2 Å². The van der Waals surface area contributed by atoms with Crippen LogP contribution in [-0.2, 0) is 22.6 Å². The second-order valence-corrected chi connectivity index (χ2v) is 9.01. The van der Waals surface area contributed by atoms with Crippen LogP contribution in [0.3, 0.4) is 0 Å². The molecule has 0 atom stereocenters. The third-order valence-corrected chi connectivity index (χ3v) is 5.53. The van der Waals surface area contributed by atoms with Gasteiger partial charge in [-0.25, -0.2) is 4.98 Å². The summed E-state index contributed by atoms with van der Waals surface area (Å²) in [5.41, 5.74) is 1.65. The average Bonchev–Trinajstić information content (AvgIpc) is 3.32. The molecule has 1 aromatic heterocycles. The molecule has 158 valence electrons. The summed E-state index contributed by atoms with van der Waals surface area (Å²) in [5, 5.41) is 3.00. The van der Waals surface area contributed by atoms with Crippen LogP contribution >= 0.6 is 0 Å². The summed E-state index contributed by atoms with van der Waals surface area (Å²) in [5.74, 6) is 1.27. The molecule has 0 radical (unpaired) electrons. The lowest BCUT2D eigenvalue weighted by Gasteiger charge is -2.17. The summed E-state index contributed by atoms with van der Waals surface area (Å²) >= 11 is 0. The van der Waals surface area contributed by atoms with Crippen LogP contribution in [0.1, 0.15) is 58.7 Å². The summed E-state index contributed by atoms with van der Waals surface area (Å²) in [6.45, 7) is 8.61. The molecule has 1 fully saturated rings. The smallest absolute Gasteiger partial charge is 0.242 e. The number of likely N-dealkylation sites (tertiary alicyclic amines) is 1. The van der Waals surface area contributed by atoms with Crippen LogP contribution in [-0.4, -0.2) is 45.9 Å². The predicted octanol–water partition coefficient (Wildman–Crippen LogP) is 3.53. The van der Waals surface area contributed by atoms with Gasteiger partial charge in [-0.3, -0.25) is 9.59 Å². The minimum atomic E-state index is -0.341. The summed E-state index contributed by atoms with van der Waals surface area (Å²) < 4.78 is 2.09. The summed E-state index contributed by atoms with van der Waals surface area (Å²) in [6, 6.07) is 8.05. The van der Waals surface area contributed by atoms with Gasteiger partial charge >= 0.3 is 0 Å². The highest BCUT2D eigenvalue weighted by Crippen LogP contribution is 2.19. The number of aryl methyl sites for hydroxylation is 1. The highest BCUT2D eigenvalue weighted by molar-refractivity contribution is 5.82. The highest BCUT2D eigenvalue weighted by Gasteiger charge is 2.21. The van der Waals surface area contributed by atoms with Gasteiger partial charge in [0.05, 0.1) is 11.0 Å². The molecule has 1 saturated heterocycles. The number of hydrogen-bond acceptors (Lipinski definition) is 3. The molecule has 6 heteroatoms. The van der Waals surface area contributed by atoms with Gasteiger partial charge in [-0.15, -0.1) is 0 Å². The Morgan fingerprint density at radius 2 is 1.79 bits per heavy atom. The molecule has 2 heterocycles. The molecular formula is C23H34N4O2. The van der Waals surface area contributed by atoms with Crippen molar-refractivity contribution in [3.63, 3.8) is 0 Å². The maximum absolute atomic E-state index is 12.7. The van der Waals surface area contributed by atoms with Gasteiger partial charge in [-0.2, -0.15) is 0 Å². The maximum atomic E-state index is 12.7. The number of imidazole rings is 1. The van der Waals surface area contributed by atoms with E-state index in [9.17, 15) is 9.59 Å². The van der Waals surface area contributed by atoms with Crippen molar-refractivity contribution in [1.82, 2.24) is 19.8 Å². The fraction of sp³-hybridized carbons (Fsp3) is 0.609.